The number of halogens is 1. The summed E-state index contributed by atoms with van der Waals surface area (Å²) in [4.78, 5) is 23.8. The van der Waals surface area contributed by atoms with E-state index >= 15 is 0 Å². The Labute approximate surface area is 146 Å². The highest BCUT2D eigenvalue weighted by atomic mass is 35.5. The molecular formula is C16H20ClNO5S. The van der Waals surface area contributed by atoms with Gasteiger partial charge in [0, 0.05) is 17.2 Å². The predicted octanol–water partition coefficient (Wildman–Crippen LogP) is 2.31. The Balaban J connectivity index is 2.36. The minimum absolute atomic E-state index is 0.474. The van der Waals surface area contributed by atoms with E-state index < -0.39 is 38.2 Å². The van der Waals surface area contributed by atoms with Crippen molar-refractivity contribution in [2.45, 2.75) is 43.1 Å². The lowest BCUT2D eigenvalue weighted by atomic mass is 10.1. The maximum atomic E-state index is 12.1. The smallest absolute Gasteiger partial charge is 0.408 e. The van der Waals surface area contributed by atoms with E-state index in [2.05, 4.69) is 5.32 Å². The lowest BCUT2D eigenvalue weighted by Gasteiger charge is -2.22. The number of nitrogens with one attached hydrogen (secondary N) is 1. The van der Waals surface area contributed by atoms with Crippen molar-refractivity contribution < 1.29 is 22.7 Å². The van der Waals surface area contributed by atoms with Crippen LogP contribution in [0.1, 0.15) is 32.3 Å². The average molecular weight is 374 g/mol. The lowest BCUT2D eigenvalue weighted by Crippen LogP contribution is -2.45. The molecule has 0 unspecified atom stereocenters. The molecule has 1 aromatic carbocycles. The van der Waals surface area contributed by atoms with Gasteiger partial charge in [-0.15, -0.1) is 0 Å². The number of hydrogen-bond acceptors (Lipinski definition) is 5. The zero-order valence-corrected chi connectivity index (χ0v) is 15.4. The summed E-state index contributed by atoms with van der Waals surface area (Å²) in [6, 6.07) is 6.51. The number of ether oxygens (including phenoxy) is 1. The molecule has 0 saturated heterocycles. The Bertz CT molecular complexity index is 754. The Morgan fingerprint density at radius 3 is 2.25 bits per heavy atom. The number of carbonyl (C=O) groups excluding carboxylic acids is 2. The van der Waals surface area contributed by atoms with Gasteiger partial charge in [0.05, 0.1) is 0 Å². The van der Waals surface area contributed by atoms with Gasteiger partial charge in [-0.1, -0.05) is 23.7 Å². The van der Waals surface area contributed by atoms with Gasteiger partial charge in [-0.2, -0.15) is 0 Å². The van der Waals surface area contributed by atoms with Crippen LogP contribution in [0.15, 0.2) is 24.3 Å². The van der Waals surface area contributed by atoms with Crippen molar-refractivity contribution in [1.82, 2.24) is 5.32 Å². The quantitative estimate of drug-likeness (QED) is 0.818. The van der Waals surface area contributed by atoms with Crippen LogP contribution in [-0.4, -0.2) is 43.4 Å². The zero-order chi connectivity index (χ0) is 18.3. The molecule has 0 aliphatic heterocycles. The Morgan fingerprint density at radius 2 is 1.83 bits per heavy atom. The van der Waals surface area contributed by atoms with Crippen LogP contribution < -0.4 is 5.32 Å². The summed E-state index contributed by atoms with van der Waals surface area (Å²) in [6.07, 6.45) is 0.685. The molecule has 2 rings (SSSR count). The molecule has 0 spiro atoms. The molecule has 0 heterocycles. The summed E-state index contributed by atoms with van der Waals surface area (Å²) in [6.45, 7) is 5.04. The summed E-state index contributed by atoms with van der Waals surface area (Å²) in [5, 5.41) is 1.90. The van der Waals surface area contributed by atoms with Gasteiger partial charge >= 0.3 is 6.09 Å². The van der Waals surface area contributed by atoms with Gasteiger partial charge in [-0.25, -0.2) is 13.2 Å². The number of hydrogen-bond donors (Lipinski definition) is 1. The second kappa shape index (κ2) is 6.04. The molecule has 0 aromatic heterocycles. The van der Waals surface area contributed by atoms with Crippen LogP contribution in [0, 0.1) is 0 Å². The van der Waals surface area contributed by atoms with Crippen molar-refractivity contribution in [3.63, 3.8) is 0 Å². The Kier molecular flexibility index (Phi) is 4.71. The zero-order valence-electron chi connectivity index (χ0n) is 13.9. The van der Waals surface area contributed by atoms with Gasteiger partial charge < -0.3 is 14.8 Å². The average Bonchev–Trinajstić information content (AvgIpc) is 3.06. The molecule has 8 heteroatoms. The minimum atomic E-state index is -3.58. The number of aldehydes is 1. The summed E-state index contributed by atoms with van der Waals surface area (Å²) < 4.78 is 29.4. The van der Waals surface area contributed by atoms with Gasteiger partial charge in [-0.3, -0.25) is 0 Å². The number of carbonyl (C=O) groups is 2. The van der Waals surface area contributed by atoms with E-state index in [9.17, 15) is 18.0 Å². The highest BCUT2D eigenvalue weighted by molar-refractivity contribution is 7.91. The highest BCUT2D eigenvalue weighted by Crippen LogP contribution is 2.54. The first kappa shape index (κ1) is 18.7. The maximum Gasteiger partial charge on any atom is 0.408 e. The Morgan fingerprint density at radius 1 is 1.29 bits per heavy atom. The second-order valence-electron chi connectivity index (χ2n) is 6.96. The third kappa shape index (κ3) is 3.72. The fourth-order valence-electron chi connectivity index (χ4n) is 2.90. The first-order chi connectivity index (χ1) is 10.9. The van der Waals surface area contributed by atoms with E-state index in [0.717, 1.165) is 6.26 Å². The molecule has 0 radical (unpaired) electrons. The molecule has 0 bridgehead atoms. The van der Waals surface area contributed by atoms with Crippen LogP contribution >= 0.6 is 11.6 Å². The van der Waals surface area contributed by atoms with Crippen LogP contribution in [-0.2, 0) is 19.4 Å². The highest BCUT2D eigenvalue weighted by Gasteiger charge is 2.71. The van der Waals surface area contributed by atoms with Crippen molar-refractivity contribution >= 4 is 33.8 Å². The van der Waals surface area contributed by atoms with Crippen LogP contribution in [0.3, 0.4) is 0 Å². The normalized spacial score (nSPS) is 26.5. The number of rotatable bonds is 4. The standard InChI is InChI=1S/C16H20ClNO5S/c1-15(2,3)23-14(20)18-16(9-19)12(13(16)24(4,21)22)10-5-7-11(17)8-6-10/h5-9,12-13H,1-4H3,(H,18,20)/t12-,13-,16-/m0/s1. The van der Waals surface area contributed by atoms with Crippen molar-refractivity contribution in [2.24, 2.45) is 0 Å². The summed E-state index contributed by atoms with van der Waals surface area (Å²) in [5.41, 5.74) is -1.69. The van der Waals surface area contributed by atoms with Gasteiger partial charge in [0.2, 0.25) is 0 Å². The van der Waals surface area contributed by atoms with E-state index in [4.69, 9.17) is 16.3 Å². The van der Waals surface area contributed by atoms with Crippen molar-refractivity contribution in [3.05, 3.63) is 34.9 Å². The number of amides is 1. The van der Waals surface area contributed by atoms with Crippen LogP contribution in [0.5, 0.6) is 0 Å². The molecule has 1 aliphatic rings. The lowest BCUT2D eigenvalue weighted by molar-refractivity contribution is -0.110. The monoisotopic (exact) mass is 373 g/mol. The first-order valence-corrected chi connectivity index (χ1v) is 9.66. The summed E-state index contributed by atoms with van der Waals surface area (Å²) in [5.74, 6) is -0.685. The van der Waals surface area contributed by atoms with Gasteiger partial charge in [0.25, 0.3) is 0 Å². The molecule has 1 fully saturated rings. The molecule has 1 amide bonds. The van der Waals surface area contributed by atoms with Crippen molar-refractivity contribution in [3.8, 4) is 0 Å². The predicted molar refractivity (Wildman–Crippen MR) is 91.0 cm³/mol. The molecular weight excluding hydrogens is 354 g/mol. The molecule has 3 atom stereocenters. The van der Waals surface area contributed by atoms with Crippen LogP contribution in [0.4, 0.5) is 4.79 Å². The van der Waals surface area contributed by atoms with Gasteiger partial charge in [-0.05, 0) is 38.5 Å². The fourth-order valence-corrected chi connectivity index (χ4v) is 4.79. The topological polar surface area (TPSA) is 89.5 Å². The SMILES string of the molecule is CC(C)(C)OC(=O)N[C@@]1(C=O)[C@@H](c2ccc(Cl)cc2)[C@@H]1S(C)(=O)=O. The van der Waals surface area contributed by atoms with Crippen molar-refractivity contribution in [2.75, 3.05) is 6.26 Å². The first-order valence-electron chi connectivity index (χ1n) is 7.32. The molecule has 1 aromatic rings. The maximum absolute atomic E-state index is 12.1. The molecule has 1 saturated carbocycles. The second-order valence-corrected chi connectivity index (χ2v) is 9.56. The molecule has 24 heavy (non-hydrogen) atoms. The van der Waals surface area contributed by atoms with Crippen molar-refractivity contribution in [1.29, 1.82) is 0 Å². The number of alkyl carbamates (subject to hydrolysis) is 1. The number of benzene rings is 1. The molecule has 132 valence electrons. The molecule has 1 aliphatic carbocycles. The minimum Gasteiger partial charge on any atom is -0.444 e. The third-order valence-electron chi connectivity index (χ3n) is 3.78. The van der Waals surface area contributed by atoms with Gasteiger partial charge in [0.15, 0.2) is 9.84 Å². The summed E-state index contributed by atoms with van der Waals surface area (Å²) in [7, 11) is -3.58. The van der Waals surface area contributed by atoms with E-state index in [1.807, 2.05) is 0 Å². The van der Waals surface area contributed by atoms with E-state index in [1.54, 1.807) is 45.0 Å². The Hall–Kier alpha value is -1.60. The molecule has 1 N–H and O–H groups in total. The van der Waals surface area contributed by atoms with Crippen LogP contribution in [0.25, 0.3) is 0 Å². The third-order valence-corrected chi connectivity index (χ3v) is 5.62. The molecule has 6 nitrogen and oxygen atoms in total. The van der Waals surface area contributed by atoms with E-state index in [0.29, 0.717) is 16.9 Å². The number of sulfone groups is 1. The van der Waals surface area contributed by atoms with E-state index in [1.165, 1.54) is 0 Å². The largest absolute Gasteiger partial charge is 0.444 e. The van der Waals surface area contributed by atoms with Crippen LogP contribution in [0.2, 0.25) is 5.02 Å². The van der Waals surface area contributed by atoms with Gasteiger partial charge in [0.1, 0.15) is 22.7 Å². The summed E-state index contributed by atoms with van der Waals surface area (Å²) >= 11 is 5.85. The van der Waals surface area contributed by atoms with E-state index in [-0.39, 0.29) is 0 Å². The fraction of sp³-hybridized carbons (Fsp3) is 0.500.